The van der Waals surface area contributed by atoms with Crippen molar-refractivity contribution in [1.82, 2.24) is 0 Å². The van der Waals surface area contributed by atoms with E-state index in [2.05, 4.69) is 148 Å². The first-order chi connectivity index (χ1) is 31.2. The first-order valence-electron chi connectivity index (χ1n) is 26.4. The Bertz CT molecular complexity index is 1690. The van der Waals surface area contributed by atoms with E-state index in [1.54, 1.807) is 0 Å². The third-order valence-electron chi connectivity index (χ3n) is 17.7. The molecule has 0 radical (unpaired) electrons. The highest BCUT2D eigenvalue weighted by Gasteiger charge is 2.54. The van der Waals surface area contributed by atoms with Gasteiger partial charge in [0.1, 0.15) is 18.2 Å². The molecule has 5 saturated heterocycles. The number of fused-ring (bicyclic) bond motifs is 1. The summed E-state index contributed by atoms with van der Waals surface area (Å²) in [5, 5.41) is 0.0538. The molecule has 0 bridgehead atoms. The number of hydrogen-bond donors (Lipinski definition) is 0. The first-order valence-corrected chi connectivity index (χ1v) is 33.5. The van der Waals surface area contributed by atoms with Crippen LogP contribution in [0.2, 0.25) is 36.3 Å². The van der Waals surface area contributed by atoms with E-state index < -0.39 is 16.6 Å². The second-order valence-electron chi connectivity index (χ2n) is 24.9. The summed E-state index contributed by atoms with van der Waals surface area (Å²) in [5.41, 5.74) is 2.26. The minimum absolute atomic E-state index is 0.0122. The van der Waals surface area contributed by atoms with E-state index in [1.165, 1.54) is 0 Å². The van der Waals surface area contributed by atoms with Crippen LogP contribution >= 0.6 is 22.6 Å². The third kappa shape index (κ3) is 14.6. The fraction of sp³-hybridized carbons (Fsp3) is 0.855. The summed E-state index contributed by atoms with van der Waals surface area (Å²) in [6.07, 6.45) is 12.1. The molecule has 0 spiro atoms. The maximum absolute atomic E-state index is 14.5. The van der Waals surface area contributed by atoms with E-state index in [0.717, 1.165) is 75.2 Å². The highest BCUT2D eigenvalue weighted by atomic mass is 127. The fourth-order valence-electron chi connectivity index (χ4n) is 10.9. The van der Waals surface area contributed by atoms with Gasteiger partial charge in [0.25, 0.3) is 0 Å². The van der Waals surface area contributed by atoms with Crippen molar-refractivity contribution < 1.29 is 42.1 Å². The molecule has 384 valence electrons. The van der Waals surface area contributed by atoms with E-state index in [4.69, 9.17) is 32.5 Å². The number of ether oxygens (including phenoxy) is 5. The Morgan fingerprint density at radius 2 is 1.51 bits per heavy atom. The van der Waals surface area contributed by atoms with Gasteiger partial charge in [-0.2, -0.15) is 0 Å². The van der Waals surface area contributed by atoms with E-state index in [0.29, 0.717) is 37.5 Å². The maximum atomic E-state index is 14.5. The van der Waals surface area contributed by atoms with Gasteiger partial charge in [0.05, 0.1) is 67.1 Å². The number of rotatable bonds is 21. The van der Waals surface area contributed by atoms with E-state index in [1.807, 2.05) is 0 Å². The topological polar surface area (TPSA) is 98.8 Å². The van der Waals surface area contributed by atoms with Crippen LogP contribution in [0.15, 0.2) is 34.5 Å². The molecule has 0 N–H and O–H groups in total. The molecule has 5 rings (SSSR count). The van der Waals surface area contributed by atoms with Crippen molar-refractivity contribution in [3.05, 3.63) is 34.5 Å². The summed E-state index contributed by atoms with van der Waals surface area (Å²) in [7, 11) is -4.41. The third-order valence-corrected chi connectivity index (χ3v) is 27.1. The summed E-state index contributed by atoms with van der Waals surface area (Å²) in [4.78, 5) is 25.4. The quantitative estimate of drug-likeness (QED) is 0.0482. The van der Waals surface area contributed by atoms with Crippen LogP contribution in [0.4, 0.5) is 0 Å². The zero-order chi connectivity index (χ0) is 49.8. The van der Waals surface area contributed by atoms with E-state index >= 15 is 0 Å². The second-order valence-corrected chi connectivity index (χ2v) is 35.1. The normalized spacial score (nSPS) is 36.6. The lowest BCUT2D eigenvalue weighted by Crippen LogP contribution is -2.64. The first kappa shape index (κ1) is 57.3. The standard InChI is InChI=1S/C55H95IO9Si2/c1-18-34(2)28-48-38(6)44(50(62-48)33-49-37(5)35(3)29-42(60-49)21-23-45-36(4)30-41(59-45)20-19-27-57)32-40(58)31-43-22-24-46-51(61-43)39(7)52(65-67(16,17)55(11,12)13)53(63-46)47(25-26-56)64-66(14,15)54(8,9)10/h25-27,34-35,38-39,41-53H,4-5,18-24,28-33H2,1-3,6-17H3/b26-25+/t34-,35+,38-,39+,41+,42+,43-,44-,45+,46+,47+,48-,49-,50+,51+,52+,53-/m1/s1. The summed E-state index contributed by atoms with van der Waals surface area (Å²) in [6, 6.07) is 0. The Morgan fingerprint density at radius 3 is 2.13 bits per heavy atom. The van der Waals surface area contributed by atoms with Gasteiger partial charge in [-0.1, -0.05) is 118 Å². The highest BCUT2D eigenvalue weighted by Crippen LogP contribution is 2.47. The lowest BCUT2D eigenvalue weighted by atomic mass is 9.78. The molecule has 5 heterocycles. The zero-order valence-corrected chi connectivity index (χ0v) is 48.9. The number of hydrogen-bond acceptors (Lipinski definition) is 9. The molecule has 5 aliphatic heterocycles. The van der Waals surface area contributed by atoms with Gasteiger partial charge in [-0.05, 0) is 133 Å². The summed E-state index contributed by atoms with van der Waals surface area (Å²) in [5.74, 6) is 1.50. The Balaban J connectivity index is 1.28. The smallest absolute Gasteiger partial charge is 0.193 e. The Morgan fingerprint density at radius 1 is 0.836 bits per heavy atom. The largest absolute Gasteiger partial charge is 0.411 e. The van der Waals surface area contributed by atoms with Gasteiger partial charge in [-0.3, -0.25) is 4.79 Å². The minimum atomic E-state index is -2.24. The lowest BCUT2D eigenvalue weighted by molar-refractivity contribution is -0.251. The van der Waals surface area contributed by atoms with Crippen LogP contribution in [0.3, 0.4) is 0 Å². The van der Waals surface area contributed by atoms with Crippen LogP contribution in [0, 0.1) is 29.6 Å². The van der Waals surface area contributed by atoms with Crippen LogP contribution < -0.4 is 0 Å². The molecule has 5 aliphatic rings. The fourth-order valence-corrected chi connectivity index (χ4v) is 13.9. The number of aldehydes is 1. The highest BCUT2D eigenvalue weighted by molar-refractivity contribution is 14.1. The lowest BCUT2D eigenvalue weighted by Gasteiger charge is -2.54. The Labute approximate surface area is 424 Å². The molecule has 17 atom stereocenters. The molecule has 9 nitrogen and oxygen atoms in total. The summed E-state index contributed by atoms with van der Waals surface area (Å²) >= 11 is 2.31. The van der Waals surface area contributed by atoms with Crippen molar-refractivity contribution in [3.63, 3.8) is 0 Å². The zero-order valence-electron chi connectivity index (χ0n) is 44.7. The molecule has 0 aromatic rings. The van der Waals surface area contributed by atoms with Gasteiger partial charge in [-0.25, -0.2) is 0 Å². The van der Waals surface area contributed by atoms with Gasteiger partial charge in [0, 0.05) is 31.6 Å². The average Bonchev–Trinajstić information content (AvgIpc) is 3.73. The van der Waals surface area contributed by atoms with E-state index in [-0.39, 0.29) is 107 Å². The molecule has 67 heavy (non-hydrogen) atoms. The van der Waals surface area contributed by atoms with Crippen LogP contribution in [-0.2, 0) is 42.1 Å². The number of ketones is 1. The molecule has 5 fully saturated rings. The average molecular weight is 1080 g/mol. The Hall–Kier alpha value is -0.556. The van der Waals surface area contributed by atoms with Gasteiger partial charge in [0.2, 0.25) is 0 Å². The second kappa shape index (κ2) is 24.0. The molecular weight excluding hydrogens is 988 g/mol. The van der Waals surface area contributed by atoms with Crippen molar-refractivity contribution >= 4 is 51.3 Å². The van der Waals surface area contributed by atoms with Crippen LogP contribution in [-0.4, -0.2) is 102 Å². The molecule has 0 saturated carbocycles. The molecule has 0 aliphatic carbocycles. The number of carbonyl (C=O) groups is 2. The van der Waals surface area contributed by atoms with Gasteiger partial charge in [-0.15, -0.1) is 0 Å². The van der Waals surface area contributed by atoms with Crippen molar-refractivity contribution in [3.8, 4) is 0 Å². The maximum Gasteiger partial charge on any atom is 0.193 e. The number of Topliss-reactive ketones (excluding diaryl/α,β-unsaturated/α-hetero) is 1. The SMILES string of the molecule is C=C1C[C@H](CCC=O)O[C@H]1CC[C@H]1C[C@H](C)C(=C)[C@@H](C[C@@H]2O[C@H](C[C@H](C)CC)[C@H](C)[C@H]2CC(=O)C[C@H]2CC[C@@H]3O[C@H]([C@H](/C=C/I)O[Si](C)(C)C(C)(C)C)[C@@H](O[Si](C)(C)C(C)(C)C)[C@@H](C)[C@@H]3O2)O1. The molecule has 0 aromatic carbocycles. The number of halogens is 1. The van der Waals surface area contributed by atoms with Gasteiger partial charge >= 0.3 is 0 Å². The molecular formula is C55H95IO9Si2. The van der Waals surface area contributed by atoms with Crippen molar-refractivity contribution in [1.29, 1.82) is 0 Å². The summed E-state index contributed by atoms with van der Waals surface area (Å²) in [6.45, 7) is 43.3. The molecule has 0 amide bonds. The van der Waals surface area contributed by atoms with Crippen molar-refractivity contribution in [2.24, 2.45) is 29.6 Å². The van der Waals surface area contributed by atoms with Crippen molar-refractivity contribution in [2.45, 2.75) is 269 Å². The monoisotopic (exact) mass is 1080 g/mol. The van der Waals surface area contributed by atoms with Crippen molar-refractivity contribution in [2.75, 3.05) is 0 Å². The predicted molar refractivity (Wildman–Crippen MR) is 286 cm³/mol. The predicted octanol–water partition coefficient (Wildman–Crippen LogP) is 13.7. The van der Waals surface area contributed by atoms with E-state index in [9.17, 15) is 9.59 Å². The minimum Gasteiger partial charge on any atom is -0.411 e. The molecule has 12 heteroatoms. The Kier molecular flexibility index (Phi) is 20.5. The van der Waals surface area contributed by atoms with Gasteiger partial charge in [0.15, 0.2) is 16.6 Å². The van der Waals surface area contributed by atoms with Crippen LogP contribution in [0.5, 0.6) is 0 Å². The number of carbonyl (C=O) groups excluding carboxylic acids is 2. The van der Waals surface area contributed by atoms with Crippen LogP contribution in [0.25, 0.3) is 0 Å². The van der Waals surface area contributed by atoms with Gasteiger partial charge < -0.3 is 37.3 Å². The van der Waals surface area contributed by atoms with Crippen LogP contribution in [0.1, 0.15) is 160 Å². The molecule has 0 aromatic heterocycles. The summed E-state index contributed by atoms with van der Waals surface area (Å²) < 4.78 is 51.1. The molecule has 0 unspecified atom stereocenters.